The van der Waals surface area contributed by atoms with Crippen LogP contribution >= 0.6 is 11.8 Å². The van der Waals surface area contributed by atoms with Gasteiger partial charge in [-0.05, 0) is 25.6 Å². The quantitative estimate of drug-likeness (QED) is 0.891. The van der Waals surface area contributed by atoms with Gasteiger partial charge in [0.15, 0.2) is 0 Å². The van der Waals surface area contributed by atoms with Crippen molar-refractivity contribution in [1.29, 1.82) is 0 Å². The van der Waals surface area contributed by atoms with E-state index in [9.17, 15) is 0 Å². The zero-order valence-corrected chi connectivity index (χ0v) is 11.1. The molecule has 3 nitrogen and oxygen atoms in total. The Morgan fingerprint density at radius 3 is 3.00 bits per heavy atom. The molecule has 0 bridgehead atoms. The minimum atomic E-state index is 0.449. The number of thioether (sulfide) groups is 1. The Morgan fingerprint density at radius 1 is 1.41 bits per heavy atom. The molecule has 1 aromatic carbocycles. The molecule has 1 aliphatic heterocycles. The van der Waals surface area contributed by atoms with Crippen LogP contribution in [0.3, 0.4) is 0 Å². The van der Waals surface area contributed by atoms with E-state index in [4.69, 9.17) is 9.47 Å². The topological polar surface area (TPSA) is 30.5 Å². The first-order valence-electron chi connectivity index (χ1n) is 5.90. The highest BCUT2D eigenvalue weighted by Gasteiger charge is 2.26. The third-order valence-corrected chi connectivity index (χ3v) is 4.38. The van der Waals surface area contributed by atoms with Gasteiger partial charge in [0.05, 0.1) is 13.7 Å². The van der Waals surface area contributed by atoms with Crippen molar-refractivity contribution < 1.29 is 9.47 Å². The fourth-order valence-electron chi connectivity index (χ4n) is 2.04. The highest BCUT2D eigenvalue weighted by atomic mass is 32.2. The summed E-state index contributed by atoms with van der Waals surface area (Å²) in [7, 11) is 3.73. The number of ether oxygens (including phenoxy) is 2. The van der Waals surface area contributed by atoms with Crippen LogP contribution in [0, 0.1) is 0 Å². The maximum absolute atomic E-state index is 5.56. The number of benzene rings is 1. The van der Waals surface area contributed by atoms with Gasteiger partial charge in [0.25, 0.3) is 0 Å². The predicted octanol–water partition coefficient (Wildman–Crippen LogP) is 2.16. The molecule has 0 aromatic heterocycles. The number of para-hydroxylation sites is 1. The van der Waals surface area contributed by atoms with E-state index in [1.165, 1.54) is 4.90 Å². The molecular weight excluding hydrogens is 234 g/mol. The zero-order valence-electron chi connectivity index (χ0n) is 10.3. The number of nitrogens with one attached hydrogen (secondary N) is 1. The van der Waals surface area contributed by atoms with Gasteiger partial charge >= 0.3 is 0 Å². The van der Waals surface area contributed by atoms with Crippen LogP contribution in [0.5, 0.6) is 5.75 Å². The molecule has 0 saturated carbocycles. The van der Waals surface area contributed by atoms with Crippen LogP contribution in [0.1, 0.15) is 6.42 Å². The average molecular weight is 253 g/mol. The summed E-state index contributed by atoms with van der Waals surface area (Å²) in [6.07, 6.45) is 1.07. The number of hydrogen-bond donors (Lipinski definition) is 1. The molecule has 1 fully saturated rings. The fraction of sp³-hybridized carbons (Fsp3) is 0.538. The molecule has 0 radical (unpaired) electrons. The highest BCUT2D eigenvalue weighted by Crippen LogP contribution is 2.34. The Labute approximate surface area is 107 Å². The van der Waals surface area contributed by atoms with Gasteiger partial charge in [0, 0.05) is 22.8 Å². The van der Waals surface area contributed by atoms with Gasteiger partial charge < -0.3 is 14.8 Å². The smallest absolute Gasteiger partial charge is 0.132 e. The van der Waals surface area contributed by atoms with Crippen molar-refractivity contribution in [1.82, 2.24) is 5.32 Å². The Hall–Kier alpha value is -0.710. The van der Waals surface area contributed by atoms with Gasteiger partial charge in [0.1, 0.15) is 5.75 Å². The van der Waals surface area contributed by atoms with E-state index >= 15 is 0 Å². The molecule has 94 valence electrons. The van der Waals surface area contributed by atoms with Crippen LogP contribution in [-0.4, -0.2) is 38.7 Å². The molecule has 1 aliphatic rings. The van der Waals surface area contributed by atoms with Crippen LogP contribution in [-0.2, 0) is 4.74 Å². The lowest BCUT2D eigenvalue weighted by Gasteiger charge is -2.31. The lowest BCUT2D eigenvalue weighted by molar-refractivity contribution is 0.0850. The summed E-state index contributed by atoms with van der Waals surface area (Å²) >= 11 is 1.84. The van der Waals surface area contributed by atoms with E-state index in [2.05, 4.69) is 11.4 Å². The molecular formula is C13H19NO2S. The molecule has 1 heterocycles. The summed E-state index contributed by atoms with van der Waals surface area (Å²) < 4.78 is 10.9. The standard InChI is InChI=1S/C13H19NO2S/c1-14-10-7-8-16-9-13(10)17-12-6-4-3-5-11(12)15-2/h3-6,10,13-14H,7-9H2,1-2H3. The van der Waals surface area contributed by atoms with Crippen molar-refractivity contribution in [3.63, 3.8) is 0 Å². The first kappa shape index (κ1) is 12.7. The normalized spacial score (nSPS) is 24.6. The molecule has 2 rings (SSSR count). The number of methoxy groups -OCH3 is 1. The first-order valence-corrected chi connectivity index (χ1v) is 6.78. The van der Waals surface area contributed by atoms with Crippen molar-refractivity contribution in [2.45, 2.75) is 22.6 Å². The third kappa shape index (κ3) is 3.15. The number of hydrogen-bond acceptors (Lipinski definition) is 4. The summed E-state index contributed by atoms with van der Waals surface area (Å²) in [6, 6.07) is 8.66. The van der Waals surface area contributed by atoms with E-state index in [1.54, 1.807) is 7.11 Å². The van der Waals surface area contributed by atoms with Crippen LogP contribution in [0.2, 0.25) is 0 Å². The molecule has 1 aromatic rings. The predicted molar refractivity (Wildman–Crippen MR) is 70.9 cm³/mol. The molecule has 2 unspecified atom stereocenters. The molecule has 0 amide bonds. The molecule has 17 heavy (non-hydrogen) atoms. The summed E-state index contributed by atoms with van der Waals surface area (Å²) in [4.78, 5) is 1.19. The van der Waals surface area contributed by atoms with Gasteiger partial charge in [-0.2, -0.15) is 0 Å². The molecule has 1 saturated heterocycles. The van der Waals surface area contributed by atoms with Gasteiger partial charge in [0.2, 0.25) is 0 Å². The minimum absolute atomic E-state index is 0.449. The van der Waals surface area contributed by atoms with Gasteiger partial charge in [-0.3, -0.25) is 0 Å². The Balaban J connectivity index is 2.08. The molecule has 1 N–H and O–H groups in total. The molecule has 2 atom stereocenters. The maximum atomic E-state index is 5.56. The SMILES string of the molecule is CNC1CCOCC1Sc1ccccc1OC. The van der Waals surface area contributed by atoms with E-state index in [-0.39, 0.29) is 0 Å². The van der Waals surface area contributed by atoms with Gasteiger partial charge in [-0.15, -0.1) is 11.8 Å². The second-order valence-electron chi connectivity index (χ2n) is 4.07. The van der Waals surface area contributed by atoms with Crippen molar-refractivity contribution >= 4 is 11.8 Å². The van der Waals surface area contributed by atoms with Gasteiger partial charge in [-0.25, -0.2) is 0 Å². The lowest BCUT2D eigenvalue weighted by atomic mass is 10.1. The minimum Gasteiger partial charge on any atom is -0.496 e. The Morgan fingerprint density at radius 2 is 2.24 bits per heavy atom. The summed E-state index contributed by atoms with van der Waals surface area (Å²) in [5.41, 5.74) is 0. The van der Waals surface area contributed by atoms with Crippen LogP contribution in [0.25, 0.3) is 0 Å². The van der Waals surface area contributed by atoms with Crippen molar-refractivity contribution in [3.8, 4) is 5.75 Å². The van der Waals surface area contributed by atoms with Gasteiger partial charge in [-0.1, -0.05) is 12.1 Å². The van der Waals surface area contributed by atoms with Crippen LogP contribution in [0.15, 0.2) is 29.2 Å². The van der Waals surface area contributed by atoms with Crippen LogP contribution in [0.4, 0.5) is 0 Å². The van der Waals surface area contributed by atoms with E-state index in [1.807, 2.05) is 37.0 Å². The zero-order chi connectivity index (χ0) is 12.1. The summed E-state index contributed by atoms with van der Waals surface area (Å²) in [5, 5.41) is 3.82. The van der Waals surface area contributed by atoms with Crippen molar-refractivity contribution in [2.24, 2.45) is 0 Å². The Bertz CT molecular complexity index is 359. The highest BCUT2D eigenvalue weighted by molar-refractivity contribution is 8.00. The summed E-state index contributed by atoms with van der Waals surface area (Å²) in [6.45, 7) is 1.66. The molecule has 0 aliphatic carbocycles. The largest absolute Gasteiger partial charge is 0.496 e. The molecule has 0 spiro atoms. The monoisotopic (exact) mass is 253 g/mol. The van der Waals surface area contributed by atoms with Crippen molar-refractivity contribution in [2.75, 3.05) is 27.4 Å². The molecule has 4 heteroatoms. The first-order chi connectivity index (χ1) is 8.35. The van der Waals surface area contributed by atoms with Crippen LogP contribution < -0.4 is 10.1 Å². The third-order valence-electron chi connectivity index (χ3n) is 3.02. The van der Waals surface area contributed by atoms with E-state index < -0.39 is 0 Å². The van der Waals surface area contributed by atoms with Crippen molar-refractivity contribution in [3.05, 3.63) is 24.3 Å². The lowest BCUT2D eigenvalue weighted by Crippen LogP contribution is -2.43. The second-order valence-corrected chi connectivity index (χ2v) is 5.35. The number of rotatable bonds is 4. The fourth-order valence-corrected chi connectivity index (χ4v) is 3.39. The maximum Gasteiger partial charge on any atom is 0.132 e. The Kier molecular flexibility index (Phi) is 4.71. The summed E-state index contributed by atoms with van der Waals surface area (Å²) in [5.74, 6) is 0.943. The van der Waals surface area contributed by atoms with E-state index in [0.717, 1.165) is 25.4 Å². The second kappa shape index (κ2) is 6.28. The average Bonchev–Trinajstić information content (AvgIpc) is 2.40. The van der Waals surface area contributed by atoms with E-state index in [0.29, 0.717) is 11.3 Å².